The first-order chi connectivity index (χ1) is 9.47. The minimum absolute atomic E-state index is 0.0978. The lowest BCUT2D eigenvalue weighted by Crippen LogP contribution is -2.10. The number of anilines is 1. The van der Waals surface area contributed by atoms with Gasteiger partial charge in [0.25, 0.3) is 0 Å². The second-order valence-corrected chi connectivity index (χ2v) is 5.35. The average molecular weight is 272 g/mol. The maximum absolute atomic E-state index is 12.5. The predicted molar refractivity (Wildman–Crippen MR) is 79.8 cm³/mol. The quantitative estimate of drug-likeness (QED) is 0.665. The molecule has 1 aromatic carbocycles. The standard InChI is InChI=1S/C16H20N2O2/c1-11(19)17-14-7-8-15-12(9-14)5-4-6-13(16(15)20)10-18(2)3/h7-10H,4-6H2,1-3H3,(H,17,19)/b13-10+. The van der Waals surface area contributed by atoms with Crippen LogP contribution in [0.3, 0.4) is 0 Å². The molecule has 4 nitrogen and oxygen atoms in total. The fraction of sp³-hybridized carbons (Fsp3) is 0.375. The minimum Gasteiger partial charge on any atom is -0.383 e. The zero-order valence-electron chi connectivity index (χ0n) is 12.2. The van der Waals surface area contributed by atoms with Gasteiger partial charge in [-0.05, 0) is 43.0 Å². The van der Waals surface area contributed by atoms with Crippen molar-refractivity contribution in [2.24, 2.45) is 0 Å². The number of rotatable bonds is 2. The van der Waals surface area contributed by atoms with E-state index < -0.39 is 0 Å². The van der Waals surface area contributed by atoms with Crippen LogP contribution in [0.4, 0.5) is 5.69 Å². The van der Waals surface area contributed by atoms with Gasteiger partial charge in [0.2, 0.25) is 5.91 Å². The van der Waals surface area contributed by atoms with E-state index in [1.165, 1.54) is 6.92 Å². The van der Waals surface area contributed by atoms with Crippen molar-refractivity contribution in [3.05, 3.63) is 41.1 Å². The lowest BCUT2D eigenvalue weighted by molar-refractivity contribution is -0.114. The van der Waals surface area contributed by atoms with Gasteiger partial charge >= 0.3 is 0 Å². The summed E-state index contributed by atoms with van der Waals surface area (Å²) in [5, 5.41) is 2.76. The number of carbonyl (C=O) groups excluding carboxylic acids is 2. The molecule has 1 amide bonds. The molecule has 20 heavy (non-hydrogen) atoms. The lowest BCUT2D eigenvalue weighted by atomic mass is 9.99. The SMILES string of the molecule is CC(=O)Nc1ccc2c(c1)CCC/C(=C\N(C)C)C2=O. The highest BCUT2D eigenvalue weighted by molar-refractivity contribution is 6.10. The summed E-state index contributed by atoms with van der Waals surface area (Å²) in [7, 11) is 3.85. The molecule has 106 valence electrons. The van der Waals surface area contributed by atoms with Gasteiger partial charge in [-0.25, -0.2) is 0 Å². The topological polar surface area (TPSA) is 49.4 Å². The number of ketones is 1. The van der Waals surface area contributed by atoms with Crippen molar-refractivity contribution >= 4 is 17.4 Å². The van der Waals surface area contributed by atoms with Gasteiger partial charge in [0, 0.05) is 44.0 Å². The van der Waals surface area contributed by atoms with E-state index in [9.17, 15) is 9.59 Å². The fourth-order valence-corrected chi connectivity index (χ4v) is 2.49. The van der Waals surface area contributed by atoms with E-state index in [0.29, 0.717) is 0 Å². The molecular formula is C16H20N2O2. The molecule has 0 aromatic heterocycles. The molecule has 0 saturated heterocycles. The maximum atomic E-state index is 12.5. The first-order valence-electron chi connectivity index (χ1n) is 6.79. The van der Waals surface area contributed by atoms with E-state index in [1.54, 1.807) is 6.07 Å². The molecule has 0 radical (unpaired) electrons. The first-order valence-corrected chi connectivity index (χ1v) is 6.79. The van der Waals surface area contributed by atoms with Gasteiger partial charge in [0.05, 0.1) is 0 Å². The Kier molecular flexibility index (Phi) is 4.23. The second kappa shape index (κ2) is 5.90. The van der Waals surface area contributed by atoms with E-state index in [4.69, 9.17) is 0 Å². The Morgan fingerprint density at radius 2 is 2.05 bits per heavy atom. The van der Waals surface area contributed by atoms with Gasteiger partial charge in [0.1, 0.15) is 0 Å². The molecule has 1 aromatic rings. The smallest absolute Gasteiger partial charge is 0.221 e. The Labute approximate surface area is 119 Å². The number of aryl methyl sites for hydroxylation is 1. The Bertz CT molecular complexity index is 574. The number of hydrogen-bond donors (Lipinski definition) is 1. The molecule has 0 spiro atoms. The molecule has 0 fully saturated rings. The number of nitrogens with zero attached hydrogens (tertiary/aromatic N) is 1. The van der Waals surface area contributed by atoms with Gasteiger partial charge < -0.3 is 10.2 Å². The highest BCUT2D eigenvalue weighted by Gasteiger charge is 2.20. The monoisotopic (exact) mass is 272 g/mol. The number of benzene rings is 1. The van der Waals surface area contributed by atoms with Crippen LogP contribution in [0.5, 0.6) is 0 Å². The van der Waals surface area contributed by atoms with Crippen molar-refractivity contribution in [3.8, 4) is 0 Å². The summed E-state index contributed by atoms with van der Waals surface area (Å²) in [4.78, 5) is 25.5. The Balaban J connectivity index is 2.36. The van der Waals surface area contributed by atoms with Crippen LogP contribution in [0, 0.1) is 0 Å². The molecule has 2 rings (SSSR count). The van der Waals surface area contributed by atoms with Crippen LogP contribution in [0.2, 0.25) is 0 Å². The molecule has 0 bridgehead atoms. The summed E-state index contributed by atoms with van der Waals surface area (Å²) in [5.74, 6) is -0.00124. The third-order valence-corrected chi connectivity index (χ3v) is 3.27. The summed E-state index contributed by atoms with van der Waals surface area (Å²) in [5.41, 5.74) is 3.37. The molecule has 0 aliphatic heterocycles. The van der Waals surface area contributed by atoms with Crippen molar-refractivity contribution in [1.29, 1.82) is 0 Å². The van der Waals surface area contributed by atoms with E-state index in [2.05, 4.69) is 5.32 Å². The van der Waals surface area contributed by atoms with Crippen molar-refractivity contribution in [1.82, 2.24) is 4.90 Å². The predicted octanol–water partition coefficient (Wildman–Crippen LogP) is 2.61. The van der Waals surface area contributed by atoms with Gasteiger partial charge in [-0.15, -0.1) is 0 Å². The number of hydrogen-bond acceptors (Lipinski definition) is 3. The highest BCUT2D eigenvalue weighted by atomic mass is 16.1. The molecule has 4 heteroatoms. The molecule has 1 N–H and O–H groups in total. The van der Waals surface area contributed by atoms with Gasteiger partial charge in [-0.1, -0.05) is 0 Å². The van der Waals surface area contributed by atoms with Crippen LogP contribution < -0.4 is 5.32 Å². The van der Waals surface area contributed by atoms with Crippen molar-refractivity contribution in [3.63, 3.8) is 0 Å². The van der Waals surface area contributed by atoms with Gasteiger partial charge in [-0.3, -0.25) is 9.59 Å². The molecular weight excluding hydrogens is 252 g/mol. The summed E-state index contributed by atoms with van der Waals surface area (Å²) < 4.78 is 0. The normalized spacial score (nSPS) is 16.6. The third kappa shape index (κ3) is 3.26. The second-order valence-electron chi connectivity index (χ2n) is 5.35. The van der Waals surface area contributed by atoms with E-state index in [0.717, 1.165) is 41.6 Å². The van der Waals surface area contributed by atoms with Crippen LogP contribution in [-0.4, -0.2) is 30.7 Å². The van der Waals surface area contributed by atoms with Gasteiger partial charge in [-0.2, -0.15) is 0 Å². The molecule has 0 heterocycles. The molecule has 0 atom stereocenters. The van der Waals surface area contributed by atoms with E-state index >= 15 is 0 Å². The summed E-state index contributed by atoms with van der Waals surface area (Å²) in [6.45, 7) is 1.48. The number of amides is 1. The Morgan fingerprint density at radius 3 is 2.70 bits per heavy atom. The molecule has 1 aliphatic carbocycles. The minimum atomic E-state index is -0.0990. The van der Waals surface area contributed by atoms with Crippen molar-refractivity contribution in [2.75, 3.05) is 19.4 Å². The number of Topliss-reactive ketones (excluding diaryl/α,β-unsaturated/α-hetero) is 1. The number of allylic oxidation sites excluding steroid dienone is 1. The number of nitrogens with one attached hydrogen (secondary N) is 1. The number of carbonyl (C=O) groups is 2. The molecule has 0 unspecified atom stereocenters. The Morgan fingerprint density at radius 1 is 1.30 bits per heavy atom. The lowest BCUT2D eigenvalue weighted by Gasteiger charge is -2.10. The van der Waals surface area contributed by atoms with Crippen LogP contribution in [0.25, 0.3) is 0 Å². The third-order valence-electron chi connectivity index (χ3n) is 3.27. The van der Waals surface area contributed by atoms with Crippen LogP contribution in [0.15, 0.2) is 30.0 Å². The highest BCUT2D eigenvalue weighted by Crippen LogP contribution is 2.26. The zero-order valence-corrected chi connectivity index (χ0v) is 12.2. The van der Waals surface area contributed by atoms with Crippen molar-refractivity contribution < 1.29 is 9.59 Å². The van der Waals surface area contributed by atoms with E-state index in [-0.39, 0.29) is 11.7 Å². The number of fused-ring (bicyclic) bond motifs is 1. The molecule has 1 aliphatic rings. The largest absolute Gasteiger partial charge is 0.383 e. The fourth-order valence-electron chi connectivity index (χ4n) is 2.49. The van der Waals surface area contributed by atoms with E-state index in [1.807, 2.05) is 37.3 Å². The average Bonchev–Trinajstić information content (AvgIpc) is 2.49. The maximum Gasteiger partial charge on any atom is 0.221 e. The molecule has 0 saturated carbocycles. The first kappa shape index (κ1) is 14.3. The van der Waals surface area contributed by atoms with Crippen LogP contribution in [-0.2, 0) is 11.2 Å². The van der Waals surface area contributed by atoms with Crippen molar-refractivity contribution in [2.45, 2.75) is 26.2 Å². The van der Waals surface area contributed by atoms with Gasteiger partial charge in [0.15, 0.2) is 5.78 Å². The summed E-state index contributed by atoms with van der Waals surface area (Å²) in [6, 6.07) is 5.52. The van der Waals surface area contributed by atoms with Crippen LogP contribution >= 0.6 is 0 Å². The van der Waals surface area contributed by atoms with Crippen LogP contribution in [0.1, 0.15) is 35.7 Å². The Hall–Kier alpha value is -2.10. The zero-order chi connectivity index (χ0) is 14.7. The summed E-state index contributed by atoms with van der Waals surface area (Å²) >= 11 is 0. The summed E-state index contributed by atoms with van der Waals surface area (Å²) in [6.07, 6.45) is 4.50.